The van der Waals surface area contributed by atoms with Gasteiger partial charge in [0.25, 0.3) is 17.4 Å². The third-order valence-corrected chi connectivity index (χ3v) is 7.12. The number of carbonyl (C=O) groups excluding carboxylic acids is 2. The first-order valence-electron chi connectivity index (χ1n) is 13.8. The van der Waals surface area contributed by atoms with Gasteiger partial charge in [-0.15, -0.1) is 0 Å². The molecule has 8 N–H and O–H groups in total. The summed E-state index contributed by atoms with van der Waals surface area (Å²) in [5.41, 5.74) is 16.1. The second-order valence-corrected chi connectivity index (χ2v) is 10.00. The number of nitrogens with zero attached hydrogens (tertiary/aromatic N) is 4. The Bertz CT molecular complexity index is 1910. The quantitative estimate of drug-likeness (QED) is 0.103. The molecular formula is C31H31N9O4. The van der Waals surface area contributed by atoms with E-state index in [1.54, 1.807) is 59.4 Å². The van der Waals surface area contributed by atoms with E-state index in [1.807, 2.05) is 37.3 Å². The van der Waals surface area contributed by atoms with E-state index < -0.39 is 17.9 Å². The molecule has 0 aliphatic heterocycles. The van der Waals surface area contributed by atoms with Crippen LogP contribution in [0.4, 0.5) is 17.5 Å². The lowest BCUT2D eigenvalue weighted by molar-refractivity contribution is 0.0706. The maximum Gasteiger partial charge on any atom is 0.274 e. The molecular weight excluding hydrogens is 562 g/mol. The molecule has 0 spiro atoms. The number of nitrogens with one attached hydrogen (secondary N) is 3. The number of carbonyl (C=O) groups is 2. The molecule has 1 atom stereocenters. The van der Waals surface area contributed by atoms with Crippen LogP contribution in [0.2, 0.25) is 0 Å². The van der Waals surface area contributed by atoms with Gasteiger partial charge >= 0.3 is 0 Å². The number of anilines is 3. The first-order valence-corrected chi connectivity index (χ1v) is 13.8. The molecule has 0 fully saturated rings. The fourth-order valence-electron chi connectivity index (χ4n) is 5.00. The number of rotatable bonds is 10. The summed E-state index contributed by atoms with van der Waals surface area (Å²) in [6.07, 6.45) is 0.466. The van der Waals surface area contributed by atoms with Crippen molar-refractivity contribution in [1.29, 1.82) is 0 Å². The van der Waals surface area contributed by atoms with Crippen molar-refractivity contribution in [2.24, 2.45) is 5.73 Å². The van der Waals surface area contributed by atoms with Gasteiger partial charge in [0.2, 0.25) is 5.95 Å². The maximum absolute atomic E-state index is 14.4. The molecule has 0 unspecified atom stereocenters. The molecule has 0 saturated heterocycles. The average molecular weight is 594 g/mol. The maximum atomic E-state index is 14.4. The number of aromatic nitrogens is 4. The van der Waals surface area contributed by atoms with Gasteiger partial charge in [0.1, 0.15) is 17.2 Å². The number of hydrogen-bond donors (Lipinski definition) is 6. The van der Waals surface area contributed by atoms with Crippen LogP contribution in [0.5, 0.6) is 0 Å². The summed E-state index contributed by atoms with van der Waals surface area (Å²) < 4.78 is 1.54. The lowest BCUT2D eigenvalue weighted by Crippen LogP contribution is -2.29. The molecule has 13 nitrogen and oxygen atoms in total. The van der Waals surface area contributed by atoms with Gasteiger partial charge in [-0.25, -0.2) is 15.4 Å². The molecule has 2 heterocycles. The number of nitrogen functional groups attached to an aromatic ring is 1. The number of hydroxylamine groups is 1. The molecule has 13 heteroatoms. The molecule has 3 aromatic carbocycles. The third kappa shape index (κ3) is 5.89. The fourth-order valence-corrected chi connectivity index (χ4v) is 5.00. The number of primary amides is 1. The number of amides is 2. The zero-order valence-electron chi connectivity index (χ0n) is 24.0. The lowest BCUT2D eigenvalue weighted by Gasteiger charge is -2.23. The Kier molecular flexibility index (Phi) is 8.49. The minimum Gasteiger partial charge on any atom is -0.380 e. The van der Waals surface area contributed by atoms with Crippen molar-refractivity contribution in [3.05, 3.63) is 111 Å². The SMILES string of the molecule is CC[C@H](Nc1nc(N)nc(C)c1C(N)=O)c1nc2cccc(NCc3ccc(C(=O)NO)cc3)c2c(=O)n1-c1ccccc1. The highest BCUT2D eigenvalue weighted by Gasteiger charge is 2.25. The van der Waals surface area contributed by atoms with E-state index in [2.05, 4.69) is 20.6 Å². The zero-order valence-corrected chi connectivity index (χ0v) is 24.0. The molecule has 44 heavy (non-hydrogen) atoms. The number of aryl methyl sites for hydroxylation is 1. The first-order chi connectivity index (χ1) is 21.2. The molecule has 0 aliphatic carbocycles. The van der Waals surface area contributed by atoms with Crippen molar-refractivity contribution in [3.8, 4) is 5.69 Å². The summed E-state index contributed by atoms with van der Waals surface area (Å²) in [7, 11) is 0. The normalized spacial score (nSPS) is 11.6. The predicted molar refractivity (Wildman–Crippen MR) is 167 cm³/mol. The Labute approximate surface area is 251 Å². The first kappa shape index (κ1) is 29.7. The molecule has 0 radical (unpaired) electrons. The second-order valence-electron chi connectivity index (χ2n) is 10.00. The lowest BCUT2D eigenvalue weighted by atomic mass is 10.1. The van der Waals surface area contributed by atoms with Gasteiger partial charge < -0.3 is 22.1 Å². The molecule has 0 aliphatic rings. The number of hydrogen-bond acceptors (Lipinski definition) is 10. The van der Waals surface area contributed by atoms with Crippen molar-refractivity contribution < 1.29 is 14.8 Å². The van der Waals surface area contributed by atoms with Gasteiger partial charge in [-0.2, -0.15) is 4.98 Å². The van der Waals surface area contributed by atoms with Gasteiger partial charge in [-0.05, 0) is 55.3 Å². The topological polar surface area (TPSA) is 203 Å². The van der Waals surface area contributed by atoms with Gasteiger partial charge in [0.05, 0.1) is 28.3 Å². The zero-order chi connectivity index (χ0) is 31.4. The second kappa shape index (κ2) is 12.6. The largest absolute Gasteiger partial charge is 0.380 e. The van der Waals surface area contributed by atoms with Crippen LogP contribution in [0.1, 0.15) is 57.2 Å². The standard InChI is InChI=1S/C31H31N9O4/c1-3-21(36-27-24(26(32)41)17(2)35-31(33)38-27)28-37-23-11-7-10-22(25(23)30(43)40(28)20-8-5-4-6-9-20)34-16-18-12-14-19(15-13-18)29(42)39-44/h4-15,21,34,44H,3,16H2,1-2H3,(H2,32,41)(H,39,42)(H3,33,35,36,38)/t21-/m0/s1. The van der Waals surface area contributed by atoms with Gasteiger partial charge in [0.15, 0.2) is 0 Å². The highest BCUT2D eigenvalue weighted by atomic mass is 16.5. The number of para-hydroxylation sites is 1. The Morgan fingerprint density at radius 3 is 2.36 bits per heavy atom. The van der Waals surface area contributed by atoms with E-state index in [0.717, 1.165) is 5.56 Å². The highest BCUT2D eigenvalue weighted by Crippen LogP contribution is 2.28. The van der Waals surface area contributed by atoms with Crippen LogP contribution in [0.25, 0.3) is 16.6 Å². The van der Waals surface area contributed by atoms with Crippen LogP contribution in [0.3, 0.4) is 0 Å². The minimum atomic E-state index is -0.714. The summed E-state index contributed by atoms with van der Waals surface area (Å²) >= 11 is 0. The van der Waals surface area contributed by atoms with Gasteiger partial charge in [-0.1, -0.05) is 43.3 Å². The summed E-state index contributed by atoms with van der Waals surface area (Å²) in [6.45, 7) is 3.89. The Balaban J connectivity index is 1.60. The van der Waals surface area contributed by atoms with Crippen LogP contribution in [-0.4, -0.2) is 36.5 Å². The molecule has 2 amide bonds. The molecule has 2 aromatic heterocycles. The highest BCUT2D eigenvalue weighted by molar-refractivity contribution is 5.99. The molecule has 0 bridgehead atoms. The van der Waals surface area contributed by atoms with Crippen LogP contribution in [0, 0.1) is 6.92 Å². The van der Waals surface area contributed by atoms with Gasteiger partial charge in [-0.3, -0.25) is 24.2 Å². The molecule has 5 aromatic rings. The van der Waals surface area contributed by atoms with Crippen LogP contribution in [0.15, 0.2) is 77.6 Å². The van der Waals surface area contributed by atoms with Crippen LogP contribution < -0.4 is 33.1 Å². The van der Waals surface area contributed by atoms with Crippen molar-refractivity contribution in [2.45, 2.75) is 32.9 Å². The van der Waals surface area contributed by atoms with Crippen LogP contribution >= 0.6 is 0 Å². The van der Waals surface area contributed by atoms with E-state index in [1.165, 1.54) is 0 Å². The Morgan fingerprint density at radius 2 is 1.70 bits per heavy atom. The summed E-state index contributed by atoms with van der Waals surface area (Å²) in [5, 5.41) is 15.8. The van der Waals surface area contributed by atoms with E-state index in [9.17, 15) is 14.4 Å². The molecule has 5 rings (SSSR count). The number of nitrogens with two attached hydrogens (primary N) is 2. The molecule has 224 valence electrons. The van der Waals surface area contributed by atoms with Crippen LogP contribution in [-0.2, 0) is 6.54 Å². The number of benzene rings is 3. The smallest absolute Gasteiger partial charge is 0.274 e. The van der Waals surface area contributed by atoms with E-state index in [4.69, 9.17) is 21.7 Å². The van der Waals surface area contributed by atoms with Crippen molar-refractivity contribution in [2.75, 3.05) is 16.4 Å². The van der Waals surface area contributed by atoms with E-state index in [-0.39, 0.29) is 22.9 Å². The van der Waals surface area contributed by atoms with E-state index in [0.29, 0.717) is 52.3 Å². The third-order valence-electron chi connectivity index (χ3n) is 7.12. The molecule has 0 saturated carbocycles. The van der Waals surface area contributed by atoms with Crippen molar-refractivity contribution >= 4 is 40.2 Å². The number of fused-ring (bicyclic) bond motifs is 1. The Morgan fingerprint density at radius 1 is 0.977 bits per heavy atom. The van der Waals surface area contributed by atoms with E-state index >= 15 is 0 Å². The summed E-state index contributed by atoms with van der Waals surface area (Å²) in [5.74, 6) is -0.795. The summed E-state index contributed by atoms with van der Waals surface area (Å²) in [4.78, 5) is 51.6. The summed E-state index contributed by atoms with van der Waals surface area (Å²) in [6, 6.07) is 20.6. The fraction of sp³-hybridized carbons (Fsp3) is 0.161. The monoisotopic (exact) mass is 593 g/mol. The van der Waals surface area contributed by atoms with Gasteiger partial charge in [0, 0.05) is 17.8 Å². The predicted octanol–water partition coefficient (Wildman–Crippen LogP) is 3.46. The average Bonchev–Trinajstić information content (AvgIpc) is 3.02. The Hall–Kier alpha value is -5.82. The van der Waals surface area contributed by atoms with Crippen molar-refractivity contribution in [3.63, 3.8) is 0 Å². The van der Waals surface area contributed by atoms with Crippen molar-refractivity contribution in [1.82, 2.24) is 25.0 Å². The minimum absolute atomic E-state index is 0.0289.